The summed E-state index contributed by atoms with van der Waals surface area (Å²) in [4.78, 5) is 2.87. The van der Waals surface area contributed by atoms with Crippen LogP contribution in [-0.2, 0) is 0 Å². The van der Waals surface area contributed by atoms with Crippen LogP contribution in [-0.4, -0.2) is 30.1 Å². The Labute approximate surface area is 99.6 Å². The highest BCUT2D eigenvalue weighted by Crippen LogP contribution is 2.41. The fourth-order valence-corrected chi connectivity index (χ4v) is 4.42. The molecule has 0 aromatic heterocycles. The summed E-state index contributed by atoms with van der Waals surface area (Å²) in [5.41, 5.74) is 5.89. The van der Waals surface area contributed by atoms with E-state index < -0.39 is 0 Å². The molecular formula is C14H26N2. The van der Waals surface area contributed by atoms with Gasteiger partial charge in [-0.3, -0.25) is 4.90 Å². The number of rotatable bonds is 2. The topological polar surface area (TPSA) is 29.3 Å². The predicted molar refractivity (Wildman–Crippen MR) is 67.3 cm³/mol. The van der Waals surface area contributed by atoms with Gasteiger partial charge in [0.05, 0.1) is 0 Å². The van der Waals surface area contributed by atoms with Gasteiger partial charge in [-0.15, -0.1) is 0 Å². The molecule has 16 heavy (non-hydrogen) atoms. The Kier molecular flexibility index (Phi) is 3.21. The molecule has 3 aliphatic rings. The maximum absolute atomic E-state index is 5.89. The molecule has 3 atom stereocenters. The van der Waals surface area contributed by atoms with Gasteiger partial charge in [0.1, 0.15) is 0 Å². The molecule has 2 bridgehead atoms. The van der Waals surface area contributed by atoms with E-state index in [1.807, 2.05) is 0 Å². The average molecular weight is 222 g/mol. The fraction of sp³-hybridized carbons (Fsp3) is 1.00. The third-order valence-corrected chi connectivity index (χ3v) is 5.37. The molecule has 1 saturated heterocycles. The molecule has 0 aromatic rings. The van der Waals surface area contributed by atoms with Crippen molar-refractivity contribution in [2.75, 3.05) is 13.1 Å². The van der Waals surface area contributed by atoms with Gasteiger partial charge in [-0.05, 0) is 50.5 Å². The average Bonchev–Trinajstić information content (AvgIpc) is 2.69. The van der Waals surface area contributed by atoms with E-state index in [0.717, 1.165) is 30.5 Å². The second-order valence-corrected chi connectivity index (χ2v) is 6.21. The first-order valence-electron chi connectivity index (χ1n) is 7.34. The summed E-state index contributed by atoms with van der Waals surface area (Å²) in [5.74, 6) is 1.77. The highest BCUT2D eigenvalue weighted by Gasteiger charge is 2.42. The summed E-state index contributed by atoms with van der Waals surface area (Å²) in [6.07, 6.45) is 11.6. The number of hydrogen-bond acceptors (Lipinski definition) is 2. The molecule has 2 nitrogen and oxygen atoms in total. The standard InChI is InChI=1S/C14H26N2/c15-9-11-6-7-14-8-12(11)10-16(14)13-4-2-1-3-5-13/h11-14H,1-10,15H2. The minimum atomic E-state index is 0.838. The van der Waals surface area contributed by atoms with E-state index in [4.69, 9.17) is 5.73 Å². The van der Waals surface area contributed by atoms with Gasteiger partial charge < -0.3 is 5.73 Å². The summed E-state index contributed by atoms with van der Waals surface area (Å²) in [5, 5.41) is 0. The minimum Gasteiger partial charge on any atom is -0.330 e. The Balaban J connectivity index is 1.65. The van der Waals surface area contributed by atoms with Crippen LogP contribution in [0.3, 0.4) is 0 Å². The lowest BCUT2D eigenvalue weighted by molar-refractivity contribution is 0.138. The van der Waals surface area contributed by atoms with Crippen LogP contribution in [0.1, 0.15) is 51.4 Å². The Bertz CT molecular complexity index is 235. The van der Waals surface area contributed by atoms with Crippen molar-refractivity contribution in [2.24, 2.45) is 17.6 Å². The predicted octanol–water partition coefficient (Wildman–Crippen LogP) is 2.38. The second kappa shape index (κ2) is 4.66. The van der Waals surface area contributed by atoms with Gasteiger partial charge >= 0.3 is 0 Å². The van der Waals surface area contributed by atoms with Crippen LogP contribution in [0.4, 0.5) is 0 Å². The van der Waals surface area contributed by atoms with E-state index in [1.54, 1.807) is 0 Å². The maximum Gasteiger partial charge on any atom is 0.0102 e. The van der Waals surface area contributed by atoms with Gasteiger partial charge in [-0.2, -0.15) is 0 Å². The molecule has 0 amide bonds. The highest BCUT2D eigenvalue weighted by atomic mass is 15.2. The zero-order valence-corrected chi connectivity index (χ0v) is 10.4. The number of likely N-dealkylation sites (tertiary alicyclic amines) is 1. The molecule has 1 aliphatic heterocycles. The van der Waals surface area contributed by atoms with E-state index >= 15 is 0 Å². The summed E-state index contributed by atoms with van der Waals surface area (Å²) in [6, 6.07) is 1.86. The Morgan fingerprint density at radius 1 is 0.938 bits per heavy atom. The molecule has 0 aromatic carbocycles. The number of nitrogens with two attached hydrogens (primary N) is 1. The zero-order chi connectivity index (χ0) is 11.0. The second-order valence-electron chi connectivity index (χ2n) is 6.21. The van der Waals surface area contributed by atoms with Crippen LogP contribution in [0.5, 0.6) is 0 Å². The number of fused-ring (bicyclic) bond motifs is 2. The zero-order valence-electron chi connectivity index (χ0n) is 10.4. The number of nitrogens with zero attached hydrogens (tertiary/aromatic N) is 1. The molecule has 2 aliphatic carbocycles. The molecule has 0 radical (unpaired) electrons. The number of hydrogen-bond donors (Lipinski definition) is 1. The molecule has 2 heteroatoms. The summed E-state index contributed by atoms with van der Waals surface area (Å²) >= 11 is 0. The highest BCUT2D eigenvalue weighted by molar-refractivity contribution is 4.96. The largest absolute Gasteiger partial charge is 0.330 e. The Morgan fingerprint density at radius 2 is 1.75 bits per heavy atom. The molecule has 3 unspecified atom stereocenters. The van der Waals surface area contributed by atoms with Crippen LogP contribution in [0.25, 0.3) is 0 Å². The van der Waals surface area contributed by atoms with Gasteiger partial charge in [0.2, 0.25) is 0 Å². The Hall–Kier alpha value is -0.0800. The molecule has 0 spiro atoms. The van der Waals surface area contributed by atoms with Gasteiger partial charge in [0.25, 0.3) is 0 Å². The van der Waals surface area contributed by atoms with Crippen LogP contribution >= 0.6 is 0 Å². The van der Waals surface area contributed by atoms with Crippen molar-refractivity contribution < 1.29 is 0 Å². The van der Waals surface area contributed by atoms with Crippen LogP contribution in [0.2, 0.25) is 0 Å². The van der Waals surface area contributed by atoms with Gasteiger partial charge in [0, 0.05) is 18.6 Å². The van der Waals surface area contributed by atoms with Crippen molar-refractivity contribution in [3.63, 3.8) is 0 Å². The lowest BCUT2D eigenvalue weighted by atomic mass is 9.80. The van der Waals surface area contributed by atoms with Crippen molar-refractivity contribution in [3.05, 3.63) is 0 Å². The van der Waals surface area contributed by atoms with Crippen molar-refractivity contribution in [1.82, 2.24) is 4.90 Å². The first-order chi connectivity index (χ1) is 7.88. The molecule has 2 saturated carbocycles. The monoisotopic (exact) mass is 222 g/mol. The van der Waals surface area contributed by atoms with E-state index in [-0.39, 0.29) is 0 Å². The summed E-state index contributed by atoms with van der Waals surface area (Å²) in [6.45, 7) is 2.30. The van der Waals surface area contributed by atoms with Crippen molar-refractivity contribution >= 4 is 0 Å². The van der Waals surface area contributed by atoms with Gasteiger partial charge in [-0.1, -0.05) is 19.3 Å². The lowest BCUT2D eigenvalue weighted by Crippen LogP contribution is -2.39. The third-order valence-electron chi connectivity index (χ3n) is 5.37. The molecular weight excluding hydrogens is 196 g/mol. The third kappa shape index (κ3) is 1.91. The fourth-order valence-electron chi connectivity index (χ4n) is 4.42. The van der Waals surface area contributed by atoms with E-state index in [1.165, 1.54) is 57.9 Å². The normalized spacial score (nSPS) is 41.4. The molecule has 92 valence electrons. The first-order valence-corrected chi connectivity index (χ1v) is 7.34. The summed E-state index contributed by atoms with van der Waals surface area (Å²) in [7, 11) is 0. The molecule has 1 heterocycles. The van der Waals surface area contributed by atoms with Crippen molar-refractivity contribution in [2.45, 2.75) is 63.5 Å². The van der Waals surface area contributed by atoms with Crippen LogP contribution in [0, 0.1) is 11.8 Å². The Morgan fingerprint density at radius 3 is 2.50 bits per heavy atom. The van der Waals surface area contributed by atoms with Crippen LogP contribution < -0.4 is 5.73 Å². The summed E-state index contributed by atoms with van der Waals surface area (Å²) < 4.78 is 0. The molecule has 3 fully saturated rings. The van der Waals surface area contributed by atoms with E-state index in [2.05, 4.69) is 4.90 Å². The van der Waals surface area contributed by atoms with Crippen molar-refractivity contribution in [3.8, 4) is 0 Å². The van der Waals surface area contributed by atoms with Gasteiger partial charge in [0.15, 0.2) is 0 Å². The minimum absolute atomic E-state index is 0.838. The van der Waals surface area contributed by atoms with E-state index in [9.17, 15) is 0 Å². The molecule has 2 N–H and O–H groups in total. The SMILES string of the molecule is NCC1CCC2CC1CN2C1CCCCC1. The quantitative estimate of drug-likeness (QED) is 0.777. The molecule has 3 rings (SSSR count). The lowest BCUT2D eigenvalue weighted by Gasteiger charge is -2.35. The maximum atomic E-state index is 5.89. The van der Waals surface area contributed by atoms with Crippen molar-refractivity contribution in [1.29, 1.82) is 0 Å². The van der Waals surface area contributed by atoms with Crippen LogP contribution in [0.15, 0.2) is 0 Å². The van der Waals surface area contributed by atoms with E-state index in [0.29, 0.717) is 0 Å². The van der Waals surface area contributed by atoms with Gasteiger partial charge in [-0.25, -0.2) is 0 Å². The smallest absolute Gasteiger partial charge is 0.0102 e. The first kappa shape index (κ1) is 11.0.